The van der Waals surface area contributed by atoms with Gasteiger partial charge in [-0.05, 0) is 48.0 Å². The van der Waals surface area contributed by atoms with Crippen molar-refractivity contribution in [2.45, 2.75) is 18.8 Å². The van der Waals surface area contributed by atoms with Crippen LogP contribution in [-0.2, 0) is 11.2 Å². The van der Waals surface area contributed by atoms with Crippen molar-refractivity contribution in [3.05, 3.63) is 119 Å². The molecule has 0 saturated heterocycles. The lowest BCUT2D eigenvalue weighted by molar-refractivity contribution is -0.135. The number of esters is 1. The Morgan fingerprint density at radius 1 is 0.829 bits per heavy atom. The summed E-state index contributed by atoms with van der Waals surface area (Å²) in [7, 11) is 3.22. The van der Waals surface area contributed by atoms with Crippen molar-refractivity contribution in [3.8, 4) is 28.7 Å². The molecule has 0 aromatic heterocycles. The molecule has 0 fully saturated rings. The molecule has 7 nitrogen and oxygen atoms in total. The van der Waals surface area contributed by atoms with Gasteiger partial charge < -0.3 is 23.7 Å². The van der Waals surface area contributed by atoms with E-state index in [1.165, 1.54) is 0 Å². The number of methoxy groups -OCH3 is 2. The summed E-state index contributed by atoms with van der Waals surface area (Å²) in [5.74, 6) is 2.04. The van der Waals surface area contributed by atoms with Crippen LogP contribution >= 0.6 is 0 Å². The van der Waals surface area contributed by atoms with Crippen LogP contribution in [0.1, 0.15) is 45.0 Å². The third kappa shape index (κ3) is 5.14. The fourth-order valence-electron chi connectivity index (χ4n) is 5.27. The van der Waals surface area contributed by atoms with Crippen LogP contribution in [-0.4, -0.2) is 32.6 Å². The molecule has 6 rings (SSSR count). The van der Waals surface area contributed by atoms with Crippen molar-refractivity contribution >= 4 is 17.8 Å². The molecule has 0 saturated carbocycles. The van der Waals surface area contributed by atoms with Gasteiger partial charge in [0.25, 0.3) is 0 Å². The van der Waals surface area contributed by atoms with Gasteiger partial charge in [0, 0.05) is 29.0 Å². The number of allylic oxidation sites excluding steroid dienone is 1. The highest BCUT2D eigenvalue weighted by Crippen LogP contribution is 2.50. The van der Waals surface area contributed by atoms with Gasteiger partial charge in [0.15, 0.2) is 5.76 Å². The molecule has 4 aromatic carbocycles. The van der Waals surface area contributed by atoms with Crippen molar-refractivity contribution in [1.82, 2.24) is 0 Å². The molecule has 2 aliphatic rings. The first-order valence-electron chi connectivity index (χ1n) is 13.3. The van der Waals surface area contributed by atoms with Gasteiger partial charge in [-0.25, -0.2) is 0 Å². The van der Waals surface area contributed by atoms with Gasteiger partial charge in [0.2, 0.25) is 5.78 Å². The van der Waals surface area contributed by atoms with Crippen molar-refractivity contribution in [2.24, 2.45) is 0 Å². The van der Waals surface area contributed by atoms with Crippen LogP contribution in [0.3, 0.4) is 0 Å². The maximum Gasteiger partial charge on any atom is 0.312 e. The highest BCUT2D eigenvalue weighted by Gasteiger charge is 2.39. The summed E-state index contributed by atoms with van der Waals surface area (Å²) in [6.45, 7) is 0.445. The minimum absolute atomic E-state index is 0.0887. The molecule has 0 spiro atoms. The van der Waals surface area contributed by atoms with Crippen molar-refractivity contribution in [3.63, 3.8) is 0 Å². The van der Waals surface area contributed by atoms with E-state index in [9.17, 15) is 9.59 Å². The first kappa shape index (κ1) is 26.2. The van der Waals surface area contributed by atoms with Crippen LogP contribution < -0.4 is 23.7 Å². The molecule has 1 atom stereocenters. The maximum atomic E-state index is 13.4. The molecular formula is C34H28O7. The number of Topliss-reactive ketones (excluding diaryl/α,β-unsaturated/α-hetero) is 1. The molecule has 0 amide bonds. The smallest absolute Gasteiger partial charge is 0.312 e. The Labute approximate surface area is 237 Å². The number of carbonyl (C=O) groups is 2. The van der Waals surface area contributed by atoms with Crippen molar-refractivity contribution in [2.75, 3.05) is 20.8 Å². The predicted octanol–water partition coefficient (Wildman–Crippen LogP) is 6.38. The molecule has 0 bridgehead atoms. The number of hydrogen-bond acceptors (Lipinski definition) is 7. The second-order valence-electron chi connectivity index (χ2n) is 9.75. The minimum Gasteiger partial charge on any atom is -0.497 e. The molecule has 0 radical (unpaired) electrons. The molecule has 0 aliphatic carbocycles. The fourth-order valence-corrected chi connectivity index (χ4v) is 5.27. The van der Waals surface area contributed by atoms with Crippen molar-refractivity contribution in [1.29, 1.82) is 0 Å². The summed E-state index contributed by atoms with van der Waals surface area (Å²) in [5.41, 5.74) is 3.75. The normalized spacial score (nSPS) is 16.4. The van der Waals surface area contributed by atoms with Gasteiger partial charge in [0.1, 0.15) is 28.7 Å². The lowest BCUT2D eigenvalue weighted by atomic mass is 9.84. The number of rotatable bonds is 8. The zero-order valence-electron chi connectivity index (χ0n) is 22.7. The summed E-state index contributed by atoms with van der Waals surface area (Å²) < 4.78 is 28.8. The molecule has 7 heteroatoms. The molecule has 206 valence electrons. The summed E-state index contributed by atoms with van der Waals surface area (Å²) >= 11 is 0. The second kappa shape index (κ2) is 11.2. The van der Waals surface area contributed by atoms with Crippen LogP contribution in [0.25, 0.3) is 6.08 Å². The van der Waals surface area contributed by atoms with E-state index in [4.69, 9.17) is 23.7 Å². The fraction of sp³-hybridized carbons (Fsp3) is 0.176. The largest absolute Gasteiger partial charge is 0.497 e. The van der Waals surface area contributed by atoms with Crippen LogP contribution in [0.15, 0.2) is 90.7 Å². The number of ether oxygens (including phenoxy) is 5. The highest BCUT2D eigenvalue weighted by molar-refractivity contribution is 6.15. The summed E-state index contributed by atoms with van der Waals surface area (Å²) in [6, 6.07) is 26.2. The standard InChI is InChI=1S/C34H28O7/c1-37-23-13-11-21(12-14-23)17-18-39-28-10-6-4-8-24(28)26-20-31(35)40-29-16-15-25-33(36)30(41-34(25)32(26)29)19-22-7-3-5-9-27(22)38-2/h3-16,19,26H,17-18,20H2,1-2H3/b30-19-. The van der Waals surface area contributed by atoms with E-state index in [2.05, 4.69) is 0 Å². The first-order chi connectivity index (χ1) is 20.1. The number of carbonyl (C=O) groups excluding carboxylic acids is 2. The Balaban J connectivity index is 1.32. The van der Waals surface area contributed by atoms with E-state index in [1.54, 1.807) is 32.4 Å². The molecule has 2 aliphatic heterocycles. The monoisotopic (exact) mass is 548 g/mol. The topological polar surface area (TPSA) is 80.3 Å². The zero-order chi connectivity index (χ0) is 28.3. The average Bonchev–Trinajstić information content (AvgIpc) is 3.32. The van der Waals surface area contributed by atoms with Crippen LogP contribution in [0.2, 0.25) is 0 Å². The number of fused-ring (bicyclic) bond motifs is 3. The van der Waals surface area contributed by atoms with Crippen LogP contribution in [0.5, 0.6) is 28.7 Å². The Bertz CT molecular complexity index is 1650. The zero-order valence-corrected chi connectivity index (χ0v) is 22.7. The quantitative estimate of drug-likeness (QED) is 0.144. The van der Waals surface area contributed by atoms with E-state index in [1.807, 2.05) is 72.8 Å². The third-order valence-electron chi connectivity index (χ3n) is 7.31. The number of benzene rings is 4. The number of ketones is 1. The van der Waals surface area contributed by atoms with Crippen molar-refractivity contribution < 1.29 is 33.3 Å². The molecule has 41 heavy (non-hydrogen) atoms. The molecule has 0 N–H and O–H groups in total. The molecule has 1 unspecified atom stereocenters. The predicted molar refractivity (Wildman–Crippen MR) is 153 cm³/mol. The Kier molecular flexibility index (Phi) is 7.17. The Hall–Kier alpha value is -5.04. The van der Waals surface area contributed by atoms with Gasteiger partial charge in [-0.3, -0.25) is 9.59 Å². The van der Waals surface area contributed by atoms with E-state index in [-0.39, 0.29) is 23.9 Å². The lowest BCUT2D eigenvalue weighted by Gasteiger charge is -2.27. The number of para-hydroxylation sites is 2. The Morgan fingerprint density at radius 3 is 2.37 bits per heavy atom. The SMILES string of the molecule is COc1ccc(CCOc2ccccc2C2CC(=O)Oc3ccc4c(c32)O/C(=C\c2ccccc2OC)C4=O)cc1. The van der Waals surface area contributed by atoms with Gasteiger partial charge in [-0.15, -0.1) is 0 Å². The van der Waals surface area contributed by atoms with Crippen LogP contribution in [0, 0.1) is 0 Å². The number of hydrogen-bond donors (Lipinski definition) is 0. The van der Waals surface area contributed by atoms with Crippen LogP contribution in [0.4, 0.5) is 0 Å². The minimum atomic E-state index is -0.420. The van der Waals surface area contributed by atoms with E-state index in [0.717, 1.165) is 22.4 Å². The molecule has 4 aromatic rings. The van der Waals surface area contributed by atoms with Gasteiger partial charge in [-0.2, -0.15) is 0 Å². The molecule has 2 heterocycles. The molecular weight excluding hydrogens is 520 g/mol. The van der Waals surface area contributed by atoms with Gasteiger partial charge in [0.05, 0.1) is 32.8 Å². The Morgan fingerprint density at radius 2 is 1.59 bits per heavy atom. The van der Waals surface area contributed by atoms with E-state index < -0.39 is 5.92 Å². The summed E-state index contributed by atoms with van der Waals surface area (Å²) in [5, 5.41) is 0. The summed E-state index contributed by atoms with van der Waals surface area (Å²) in [6.07, 6.45) is 2.46. The van der Waals surface area contributed by atoms with E-state index >= 15 is 0 Å². The highest BCUT2D eigenvalue weighted by atomic mass is 16.5. The lowest BCUT2D eigenvalue weighted by Crippen LogP contribution is -2.22. The first-order valence-corrected chi connectivity index (χ1v) is 13.3. The second-order valence-corrected chi connectivity index (χ2v) is 9.75. The average molecular weight is 549 g/mol. The van der Waals surface area contributed by atoms with Gasteiger partial charge in [-0.1, -0.05) is 48.5 Å². The summed E-state index contributed by atoms with van der Waals surface area (Å²) in [4.78, 5) is 26.1. The van der Waals surface area contributed by atoms with Gasteiger partial charge >= 0.3 is 5.97 Å². The third-order valence-corrected chi connectivity index (χ3v) is 7.31. The maximum absolute atomic E-state index is 13.4. The van der Waals surface area contributed by atoms with E-state index in [0.29, 0.717) is 47.2 Å².